The van der Waals surface area contributed by atoms with Crippen LogP contribution in [0, 0.1) is 5.92 Å². The van der Waals surface area contributed by atoms with E-state index in [1.165, 1.54) is 5.39 Å². The molecule has 5 nitrogen and oxygen atoms in total. The van der Waals surface area contributed by atoms with E-state index < -0.39 is 0 Å². The van der Waals surface area contributed by atoms with Gasteiger partial charge in [-0.05, 0) is 36.1 Å². The van der Waals surface area contributed by atoms with Gasteiger partial charge in [-0.2, -0.15) is 0 Å². The van der Waals surface area contributed by atoms with Gasteiger partial charge < -0.3 is 9.88 Å². The second kappa shape index (κ2) is 5.83. The van der Waals surface area contributed by atoms with Crippen LogP contribution in [0.2, 0.25) is 0 Å². The number of hydrogen-bond acceptors (Lipinski definition) is 3. The summed E-state index contributed by atoms with van der Waals surface area (Å²) in [6.45, 7) is 1.63. The molecule has 23 heavy (non-hydrogen) atoms. The summed E-state index contributed by atoms with van der Waals surface area (Å²) in [6, 6.07) is 7.88. The van der Waals surface area contributed by atoms with Gasteiger partial charge in [0.1, 0.15) is 0 Å². The number of fused-ring (bicyclic) bond motifs is 1. The number of carbonyl (C=O) groups is 1. The molecule has 0 atom stereocenters. The zero-order valence-corrected chi connectivity index (χ0v) is 12.8. The van der Waals surface area contributed by atoms with Crippen LogP contribution in [-0.4, -0.2) is 38.8 Å². The molecule has 1 aliphatic heterocycles. The van der Waals surface area contributed by atoms with Crippen LogP contribution in [-0.2, 0) is 17.6 Å². The van der Waals surface area contributed by atoms with Crippen LogP contribution in [0.5, 0.6) is 0 Å². The van der Waals surface area contributed by atoms with Crippen molar-refractivity contribution in [1.82, 2.24) is 19.9 Å². The van der Waals surface area contributed by atoms with Gasteiger partial charge in [0.05, 0.1) is 17.6 Å². The van der Waals surface area contributed by atoms with Gasteiger partial charge in [-0.25, -0.2) is 0 Å². The number of pyridine rings is 2. The third-order valence-corrected chi connectivity index (χ3v) is 4.42. The highest BCUT2D eigenvalue weighted by atomic mass is 16.2. The molecule has 116 valence electrons. The molecule has 4 heterocycles. The molecular weight excluding hydrogens is 288 g/mol. The maximum atomic E-state index is 12.2. The van der Waals surface area contributed by atoms with Crippen LogP contribution in [0.4, 0.5) is 0 Å². The number of nitrogens with one attached hydrogen (secondary N) is 1. The number of hydrogen-bond donors (Lipinski definition) is 1. The predicted molar refractivity (Wildman–Crippen MR) is 87.8 cm³/mol. The molecule has 3 aromatic rings. The Hall–Kier alpha value is -2.69. The Morgan fingerprint density at radius 1 is 1.26 bits per heavy atom. The third-order valence-electron chi connectivity index (χ3n) is 4.42. The van der Waals surface area contributed by atoms with Crippen molar-refractivity contribution in [3.8, 4) is 0 Å². The summed E-state index contributed by atoms with van der Waals surface area (Å²) in [5.74, 6) is 0.675. The van der Waals surface area contributed by atoms with Crippen LogP contribution < -0.4 is 0 Å². The number of carbonyl (C=O) groups excluding carboxylic acids is 1. The van der Waals surface area contributed by atoms with Gasteiger partial charge in [-0.3, -0.25) is 14.8 Å². The summed E-state index contributed by atoms with van der Waals surface area (Å²) in [5, 5.41) is 1.19. The summed E-state index contributed by atoms with van der Waals surface area (Å²) in [5.41, 5.74) is 3.18. The third kappa shape index (κ3) is 2.82. The Morgan fingerprint density at radius 3 is 3.00 bits per heavy atom. The molecule has 1 amide bonds. The smallest absolute Gasteiger partial charge is 0.227 e. The van der Waals surface area contributed by atoms with E-state index in [2.05, 4.69) is 21.0 Å². The van der Waals surface area contributed by atoms with Gasteiger partial charge in [-0.1, -0.05) is 6.07 Å². The minimum atomic E-state index is 0.181. The molecule has 1 fully saturated rings. The largest absolute Gasteiger partial charge is 0.360 e. The molecule has 0 radical (unpaired) electrons. The molecule has 0 saturated carbocycles. The molecule has 4 rings (SSSR count). The van der Waals surface area contributed by atoms with Crippen molar-refractivity contribution in [2.75, 3.05) is 13.1 Å². The van der Waals surface area contributed by atoms with E-state index in [9.17, 15) is 4.79 Å². The first kappa shape index (κ1) is 13.9. The zero-order chi connectivity index (χ0) is 15.6. The molecule has 1 aliphatic rings. The van der Waals surface area contributed by atoms with Gasteiger partial charge in [0, 0.05) is 43.3 Å². The van der Waals surface area contributed by atoms with Crippen molar-refractivity contribution in [3.63, 3.8) is 0 Å². The number of aromatic amines is 1. The highest BCUT2D eigenvalue weighted by Gasteiger charge is 2.31. The fraction of sp³-hybridized carbons (Fsp3) is 0.278. The molecule has 0 spiro atoms. The van der Waals surface area contributed by atoms with Crippen molar-refractivity contribution in [3.05, 3.63) is 60.3 Å². The lowest BCUT2D eigenvalue weighted by atomic mass is 9.93. The van der Waals surface area contributed by atoms with E-state index in [-0.39, 0.29) is 5.91 Å². The van der Waals surface area contributed by atoms with E-state index >= 15 is 0 Å². The van der Waals surface area contributed by atoms with Crippen molar-refractivity contribution in [2.45, 2.75) is 12.8 Å². The molecule has 0 aliphatic carbocycles. The van der Waals surface area contributed by atoms with Crippen LogP contribution in [0.15, 0.2) is 49.1 Å². The Morgan fingerprint density at radius 2 is 2.17 bits per heavy atom. The first-order valence-electron chi connectivity index (χ1n) is 7.87. The Balaban J connectivity index is 1.35. The molecule has 0 aromatic carbocycles. The van der Waals surface area contributed by atoms with Crippen molar-refractivity contribution in [2.24, 2.45) is 5.92 Å². The predicted octanol–water partition coefficient (Wildman–Crippen LogP) is 2.20. The average molecular weight is 306 g/mol. The fourth-order valence-corrected chi connectivity index (χ4v) is 3.16. The number of rotatable bonds is 4. The van der Waals surface area contributed by atoms with Gasteiger partial charge >= 0.3 is 0 Å². The minimum Gasteiger partial charge on any atom is -0.360 e. The van der Waals surface area contributed by atoms with Crippen LogP contribution in [0.25, 0.3) is 10.9 Å². The Kier molecular flexibility index (Phi) is 3.54. The summed E-state index contributed by atoms with van der Waals surface area (Å²) in [6.07, 6.45) is 8.63. The molecule has 1 N–H and O–H groups in total. The van der Waals surface area contributed by atoms with Crippen molar-refractivity contribution < 1.29 is 4.79 Å². The van der Waals surface area contributed by atoms with Gasteiger partial charge in [0.25, 0.3) is 0 Å². The first-order valence-corrected chi connectivity index (χ1v) is 7.87. The van der Waals surface area contributed by atoms with E-state index in [1.54, 1.807) is 12.4 Å². The number of likely N-dealkylation sites (tertiary alicyclic amines) is 1. The van der Waals surface area contributed by atoms with Crippen LogP contribution in [0.3, 0.4) is 0 Å². The standard InChI is InChI=1S/C18H18N4O/c23-17(9-13-2-1-5-19-10-13)22-11-14(12-22)8-16-18-15(3-6-20-16)4-7-21-18/h1-7,10,14,21H,8-9,11-12H2. The number of aromatic nitrogens is 3. The second-order valence-corrected chi connectivity index (χ2v) is 6.11. The Labute approximate surface area is 134 Å². The molecule has 5 heteroatoms. The summed E-state index contributed by atoms with van der Waals surface area (Å²) < 4.78 is 0. The van der Waals surface area contributed by atoms with Crippen molar-refractivity contribution >= 4 is 16.8 Å². The fourth-order valence-electron chi connectivity index (χ4n) is 3.16. The average Bonchev–Trinajstić information content (AvgIpc) is 3.00. The summed E-state index contributed by atoms with van der Waals surface area (Å²) >= 11 is 0. The second-order valence-electron chi connectivity index (χ2n) is 6.11. The summed E-state index contributed by atoms with van der Waals surface area (Å²) in [7, 11) is 0. The van der Waals surface area contributed by atoms with Crippen molar-refractivity contribution in [1.29, 1.82) is 0 Å². The van der Waals surface area contributed by atoms with Gasteiger partial charge in [0.15, 0.2) is 0 Å². The number of nitrogens with zero attached hydrogens (tertiary/aromatic N) is 3. The molecule has 0 bridgehead atoms. The maximum absolute atomic E-state index is 12.2. The van der Waals surface area contributed by atoms with Crippen LogP contribution in [0.1, 0.15) is 11.3 Å². The van der Waals surface area contributed by atoms with Gasteiger partial charge in [-0.15, -0.1) is 0 Å². The highest BCUT2D eigenvalue weighted by Crippen LogP contribution is 2.24. The SMILES string of the molecule is O=C(Cc1cccnc1)N1CC(Cc2nccc3cc[nH]c23)C1. The summed E-state index contributed by atoms with van der Waals surface area (Å²) in [4.78, 5) is 26.0. The van der Waals surface area contributed by atoms with E-state index in [0.29, 0.717) is 12.3 Å². The molecular formula is C18H18N4O. The minimum absolute atomic E-state index is 0.181. The topological polar surface area (TPSA) is 61.9 Å². The molecule has 1 saturated heterocycles. The quantitative estimate of drug-likeness (QED) is 0.804. The lowest BCUT2D eigenvalue weighted by Gasteiger charge is -2.39. The van der Waals surface area contributed by atoms with E-state index in [4.69, 9.17) is 0 Å². The van der Waals surface area contributed by atoms with E-state index in [1.807, 2.05) is 35.5 Å². The Bertz CT molecular complexity index is 821. The van der Waals surface area contributed by atoms with Crippen LogP contribution >= 0.6 is 0 Å². The highest BCUT2D eigenvalue weighted by molar-refractivity contribution is 5.81. The lowest BCUT2D eigenvalue weighted by Crippen LogP contribution is -2.51. The number of amides is 1. The van der Waals surface area contributed by atoms with E-state index in [0.717, 1.165) is 36.3 Å². The van der Waals surface area contributed by atoms with Gasteiger partial charge in [0.2, 0.25) is 5.91 Å². The number of H-pyrrole nitrogens is 1. The monoisotopic (exact) mass is 306 g/mol. The molecule has 3 aromatic heterocycles. The first-order chi connectivity index (χ1) is 11.3. The maximum Gasteiger partial charge on any atom is 0.227 e. The zero-order valence-electron chi connectivity index (χ0n) is 12.8. The normalized spacial score (nSPS) is 14.9. The molecule has 0 unspecified atom stereocenters. The lowest BCUT2D eigenvalue weighted by molar-refractivity contribution is -0.136.